The smallest absolute Gasteiger partial charge is 0.274 e. The van der Waals surface area contributed by atoms with Crippen LogP contribution in [0, 0.1) is 5.92 Å². The number of ether oxygens (including phenoxy) is 2. The van der Waals surface area contributed by atoms with Crippen molar-refractivity contribution in [3.8, 4) is 11.5 Å². The van der Waals surface area contributed by atoms with Crippen molar-refractivity contribution in [1.29, 1.82) is 0 Å². The molecule has 2 aromatic carbocycles. The quantitative estimate of drug-likeness (QED) is 0.225. The SMILES string of the molecule is COc1cc(N2CCC(CN3CCN(c4nc5cc(OC(C)C)c(C(=O)Nc6cccn(C)c6=O)cc5s4)CC3)CC2)cc2c1CN(C1CCC(=O)NC1=O)C2=O. The molecule has 300 valence electrons. The maximum atomic E-state index is 13.6. The van der Waals surface area contributed by atoms with E-state index < -0.39 is 17.9 Å². The van der Waals surface area contributed by atoms with Gasteiger partial charge in [-0.25, -0.2) is 4.98 Å². The second-order valence-electron chi connectivity index (χ2n) is 15.6. The van der Waals surface area contributed by atoms with Gasteiger partial charge >= 0.3 is 0 Å². The summed E-state index contributed by atoms with van der Waals surface area (Å²) in [5.74, 6) is 0.287. The summed E-state index contributed by atoms with van der Waals surface area (Å²) in [6.07, 6.45) is 4.08. The number of piperazine rings is 1. The van der Waals surface area contributed by atoms with Crippen molar-refractivity contribution in [2.75, 3.05) is 68.0 Å². The van der Waals surface area contributed by atoms with E-state index in [1.54, 1.807) is 48.7 Å². The lowest BCUT2D eigenvalue weighted by molar-refractivity contribution is -0.136. The third-order valence-corrected chi connectivity index (χ3v) is 12.5. The number of amides is 4. The van der Waals surface area contributed by atoms with Gasteiger partial charge in [0.1, 0.15) is 23.2 Å². The number of methoxy groups -OCH3 is 1. The fourth-order valence-corrected chi connectivity index (χ4v) is 9.37. The zero-order valence-electron chi connectivity index (χ0n) is 32.7. The summed E-state index contributed by atoms with van der Waals surface area (Å²) in [5, 5.41) is 6.05. The molecule has 4 aliphatic rings. The number of anilines is 3. The zero-order chi connectivity index (χ0) is 40.0. The molecule has 0 bridgehead atoms. The number of nitrogens with one attached hydrogen (secondary N) is 2. The highest BCUT2D eigenvalue weighted by molar-refractivity contribution is 7.22. The Balaban J connectivity index is 0.871. The van der Waals surface area contributed by atoms with Crippen LogP contribution < -0.4 is 35.5 Å². The lowest BCUT2D eigenvalue weighted by Gasteiger charge is -2.39. The van der Waals surface area contributed by atoms with Gasteiger partial charge in [0.2, 0.25) is 11.8 Å². The van der Waals surface area contributed by atoms with Gasteiger partial charge in [-0.2, -0.15) is 0 Å². The van der Waals surface area contributed by atoms with Crippen molar-refractivity contribution < 1.29 is 28.7 Å². The number of hydrogen-bond acceptors (Lipinski definition) is 12. The highest BCUT2D eigenvalue weighted by atomic mass is 32.1. The van der Waals surface area contributed by atoms with Crippen molar-refractivity contribution >= 4 is 61.7 Å². The average molecular weight is 797 g/mol. The van der Waals surface area contributed by atoms with Crippen molar-refractivity contribution in [1.82, 2.24) is 24.7 Å². The van der Waals surface area contributed by atoms with Crippen molar-refractivity contribution in [3.05, 3.63) is 69.6 Å². The Bertz CT molecular complexity index is 2290. The third-order valence-electron chi connectivity index (χ3n) is 11.4. The average Bonchev–Trinajstić information content (AvgIpc) is 3.76. The van der Waals surface area contributed by atoms with Crippen LogP contribution in [0.5, 0.6) is 11.5 Å². The number of aromatic nitrogens is 2. The standard InChI is InChI=1S/C41H48N8O7S/c1-24(2)56-34-21-31-35(20-28(34)37(51)42-30-6-5-11-45(3)40(30)54)57-41(43-31)48-16-14-46(15-17-48)22-25-9-12-47(13-10-25)26-18-27-29(33(19-26)55-4)23-49(39(27)53)32-7-8-36(50)44-38(32)52/h5-6,11,18-21,24-25,32H,7-10,12-17,22-23H2,1-4H3,(H,42,51)(H,44,50,52). The maximum absolute atomic E-state index is 13.6. The minimum atomic E-state index is -0.666. The molecule has 3 fully saturated rings. The van der Waals surface area contributed by atoms with E-state index in [9.17, 15) is 24.0 Å². The van der Waals surface area contributed by atoms with Gasteiger partial charge < -0.3 is 34.1 Å². The first kappa shape index (κ1) is 38.4. The van der Waals surface area contributed by atoms with Crippen LogP contribution in [0.25, 0.3) is 10.2 Å². The predicted molar refractivity (Wildman–Crippen MR) is 218 cm³/mol. The van der Waals surface area contributed by atoms with Gasteiger partial charge in [-0.15, -0.1) is 0 Å². The summed E-state index contributed by atoms with van der Waals surface area (Å²) in [4.78, 5) is 77.6. The summed E-state index contributed by atoms with van der Waals surface area (Å²) >= 11 is 1.55. The van der Waals surface area contributed by atoms with Crippen LogP contribution in [-0.4, -0.2) is 108 Å². The monoisotopic (exact) mass is 796 g/mol. The molecule has 57 heavy (non-hydrogen) atoms. The molecule has 2 N–H and O–H groups in total. The summed E-state index contributed by atoms with van der Waals surface area (Å²) in [5.41, 5.74) is 3.33. The van der Waals surface area contributed by atoms with Crippen LogP contribution in [0.15, 0.2) is 47.4 Å². The number of piperidine rings is 2. The van der Waals surface area contributed by atoms with E-state index in [0.29, 0.717) is 35.0 Å². The minimum absolute atomic E-state index is 0.162. The Labute approximate surface area is 334 Å². The maximum Gasteiger partial charge on any atom is 0.274 e. The van der Waals surface area contributed by atoms with Crippen molar-refractivity contribution in [2.24, 2.45) is 13.0 Å². The van der Waals surface area contributed by atoms with Gasteiger partial charge in [0.15, 0.2) is 5.13 Å². The second-order valence-corrected chi connectivity index (χ2v) is 16.6. The first-order chi connectivity index (χ1) is 27.4. The Hall–Kier alpha value is -5.48. The molecule has 16 heteroatoms. The summed E-state index contributed by atoms with van der Waals surface area (Å²) in [7, 11) is 3.25. The largest absolute Gasteiger partial charge is 0.496 e. The lowest BCUT2D eigenvalue weighted by Crippen LogP contribution is -2.52. The second kappa shape index (κ2) is 15.8. The fraction of sp³-hybridized carbons (Fsp3) is 0.463. The Kier molecular flexibility index (Phi) is 10.7. The van der Waals surface area contributed by atoms with E-state index in [4.69, 9.17) is 14.5 Å². The molecule has 0 aliphatic carbocycles. The van der Waals surface area contributed by atoms with E-state index in [-0.39, 0.29) is 42.1 Å². The Morgan fingerprint density at radius 3 is 2.47 bits per heavy atom. The molecule has 0 saturated carbocycles. The van der Waals surface area contributed by atoms with E-state index in [0.717, 1.165) is 85.3 Å². The van der Waals surface area contributed by atoms with Crippen LogP contribution in [0.3, 0.4) is 0 Å². The minimum Gasteiger partial charge on any atom is -0.496 e. The molecule has 4 amide bonds. The molecular weight excluding hydrogens is 749 g/mol. The highest BCUT2D eigenvalue weighted by Gasteiger charge is 2.41. The molecule has 1 unspecified atom stereocenters. The van der Waals surface area contributed by atoms with Crippen LogP contribution in [0.1, 0.15) is 65.8 Å². The topological polar surface area (TPSA) is 159 Å². The molecule has 8 rings (SSSR count). The predicted octanol–water partition coefficient (Wildman–Crippen LogP) is 3.84. The van der Waals surface area contributed by atoms with Crippen LogP contribution in [-0.2, 0) is 23.2 Å². The van der Waals surface area contributed by atoms with Gasteiger partial charge in [-0.1, -0.05) is 11.3 Å². The third kappa shape index (κ3) is 7.80. The van der Waals surface area contributed by atoms with Gasteiger partial charge in [0, 0.05) is 88.9 Å². The van der Waals surface area contributed by atoms with Gasteiger partial charge in [-0.3, -0.25) is 34.2 Å². The van der Waals surface area contributed by atoms with Crippen molar-refractivity contribution in [2.45, 2.75) is 58.2 Å². The molecule has 4 aromatic rings. The van der Waals surface area contributed by atoms with E-state index >= 15 is 0 Å². The Morgan fingerprint density at radius 2 is 1.75 bits per heavy atom. The number of rotatable bonds is 10. The summed E-state index contributed by atoms with van der Waals surface area (Å²) in [6.45, 7) is 10.4. The van der Waals surface area contributed by atoms with E-state index in [2.05, 4.69) is 25.3 Å². The number of nitrogens with zero attached hydrogens (tertiary/aromatic N) is 6. The number of aryl methyl sites for hydroxylation is 1. The lowest BCUT2D eigenvalue weighted by atomic mass is 9.95. The molecular formula is C41H48N8O7S. The van der Waals surface area contributed by atoms with Crippen LogP contribution >= 0.6 is 11.3 Å². The number of hydrogen-bond donors (Lipinski definition) is 2. The summed E-state index contributed by atoms with van der Waals surface area (Å²) < 4.78 is 14.1. The van der Waals surface area contributed by atoms with Crippen LogP contribution in [0.2, 0.25) is 0 Å². The fourth-order valence-electron chi connectivity index (χ4n) is 8.33. The van der Waals surface area contributed by atoms with Crippen LogP contribution in [0.4, 0.5) is 16.5 Å². The number of carbonyl (C=O) groups excluding carboxylic acids is 4. The molecule has 0 radical (unpaired) electrons. The molecule has 3 saturated heterocycles. The zero-order valence-corrected chi connectivity index (χ0v) is 33.5. The molecule has 2 aromatic heterocycles. The highest BCUT2D eigenvalue weighted by Crippen LogP contribution is 2.39. The van der Waals surface area contributed by atoms with Gasteiger partial charge in [-0.05, 0) is 63.3 Å². The number of carbonyl (C=O) groups is 4. The molecule has 4 aliphatic heterocycles. The number of pyridine rings is 1. The first-order valence-electron chi connectivity index (χ1n) is 19.6. The number of thiazole rings is 1. The first-order valence-corrected chi connectivity index (χ1v) is 20.4. The number of benzene rings is 2. The normalized spacial score (nSPS) is 19.4. The van der Waals surface area contributed by atoms with Crippen molar-refractivity contribution in [3.63, 3.8) is 0 Å². The number of fused-ring (bicyclic) bond motifs is 2. The summed E-state index contributed by atoms with van der Waals surface area (Å²) in [6, 6.07) is 10.2. The van der Waals surface area contributed by atoms with Gasteiger partial charge in [0.25, 0.3) is 17.4 Å². The van der Waals surface area contributed by atoms with E-state index in [1.165, 1.54) is 4.57 Å². The molecule has 15 nitrogen and oxygen atoms in total. The molecule has 1 atom stereocenters. The Morgan fingerprint density at radius 1 is 0.982 bits per heavy atom. The molecule has 6 heterocycles. The van der Waals surface area contributed by atoms with Gasteiger partial charge in [0.05, 0.1) is 41.1 Å². The number of imide groups is 1. The van der Waals surface area contributed by atoms with E-state index in [1.807, 2.05) is 38.1 Å². The molecule has 0 spiro atoms.